The second-order valence-corrected chi connectivity index (χ2v) is 5.79. The van der Waals surface area contributed by atoms with Crippen LogP contribution in [0.2, 0.25) is 0 Å². The zero-order valence-corrected chi connectivity index (χ0v) is 12.4. The second-order valence-electron chi connectivity index (χ2n) is 4.82. The summed E-state index contributed by atoms with van der Waals surface area (Å²) in [6.07, 6.45) is -0.896. The molecule has 0 aliphatic carbocycles. The molecule has 3 rings (SSSR count). The first-order chi connectivity index (χ1) is 10.4. The van der Waals surface area contributed by atoms with Crippen LogP contribution in [0.3, 0.4) is 0 Å². The van der Waals surface area contributed by atoms with Crippen molar-refractivity contribution in [2.24, 2.45) is 7.05 Å². The molecule has 3 aromatic rings. The van der Waals surface area contributed by atoms with Gasteiger partial charge < -0.3 is 4.57 Å². The van der Waals surface area contributed by atoms with E-state index in [2.05, 4.69) is 9.97 Å². The molecule has 7 heteroatoms. The first-order valence-corrected chi connectivity index (χ1v) is 7.48. The number of thioether (sulfide) groups is 1. The highest BCUT2D eigenvalue weighted by Gasteiger charge is 2.29. The fourth-order valence-electron chi connectivity index (χ4n) is 2.11. The number of pyridine rings is 1. The number of fused-ring (bicyclic) bond motifs is 1. The number of rotatable bonds is 3. The van der Waals surface area contributed by atoms with Crippen LogP contribution in [-0.4, -0.2) is 14.5 Å². The topological polar surface area (TPSA) is 30.7 Å². The van der Waals surface area contributed by atoms with Crippen LogP contribution < -0.4 is 0 Å². The number of alkyl halides is 3. The summed E-state index contributed by atoms with van der Waals surface area (Å²) in [5.74, 6) is 0.551. The number of aryl methyl sites for hydroxylation is 1. The van der Waals surface area contributed by atoms with Crippen LogP contribution in [0.25, 0.3) is 11.0 Å². The number of hydrogen-bond acceptors (Lipinski definition) is 3. The van der Waals surface area contributed by atoms with Crippen LogP contribution in [0, 0.1) is 0 Å². The molecule has 0 radical (unpaired) electrons. The van der Waals surface area contributed by atoms with Crippen molar-refractivity contribution in [1.29, 1.82) is 0 Å². The minimum atomic E-state index is -4.30. The Labute approximate surface area is 129 Å². The summed E-state index contributed by atoms with van der Waals surface area (Å²) in [5.41, 5.74) is 1.97. The first-order valence-electron chi connectivity index (χ1n) is 6.50. The molecule has 0 fully saturated rings. The molecule has 0 amide bonds. The van der Waals surface area contributed by atoms with E-state index in [1.54, 1.807) is 12.5 Å². The molecule has 0 N–H and O–H groups in total. The van der Waals surface area contributed by atoms with Gasteiger partial charge in [-0.05, 0) is 23.8 Å². The van der Waals surface area contributed by atoms with E-state index in [0.29, 0.717) is 5.75 Å². The van der Waals surface area contributed by atoms with Gasteiger partial charge in [0.25, 0.3) is 0 Å². The highest BCUT2D eigenvalue weighted by molar-refractivity contribution is 7.98. The maximum Gasteiger partial charge on any atom is 0.416 e. The van der Waals surface area contributed by atoms with E-state index in [1.807, 2.05) is 17.7 Å². The zero-order valence-electron chi connectivity index (χ0n) is 11.6. The number of aromatic nitrogens is 3. The molecule has 0 spiro atoms. The maximum absolute atomic E-state index is 12.5. The zero-order chi connectivity index (χ0) is 15.7. The Kier molecular flexibility index (Phi) is 3.82. The van der Waals surface area contributed by atoms with Crippen molar-refractivity contribution in [3.8, 4) is 0 Å². The van der Waals surface area contributed by atoms with Crippen LogP contribution in [0.4, 0.5) is 13.2 Å². The predicted molar refractivity (Wildman–Crippen MR) is 79.5 cm³/mol. The molecule has 0 saturated carbocycles. The normalized spacial score (nSPS) is 12.0. The molecule has 0 bridgehead atoms. The highest BCUT2D eigenvalue weighted by Crippen LogP contribution is 2.31. The summed E-state index contributed by atoms with van der Waals surface area (Å²) in [4.78, 5) is 8.59. The Hall–Kier alpha value is -2.02. The largest absolute Gasteiger partial charge is 0.416 e. The van der Waals surface area contributed by atoms with Crippen molar-refractivity contribution < 1.29 is 13.2 Å². The van der Waals surface area contributed by atoms with Gasteiger partial charge in [-0.1, -0.05) is 23.9 Å². The molecular formula is C15H12F3N3S. The number of hydrogen-bond donors (Lipinski definition) is 0. The Balaban J connectivity index is 1.78. The summed E-state index contributed by atoms with van der Waals surface area (Å²) in [6, 6.07) is 7.04. The van der Waals surface area contributed by atoms with Crippen LogP contribution in [-0.2, 0) is 19.0 Å². The lowest BCUT2D eigenvalue weighted by atomic mass is 10.1. The van der Waals surface area contributed by atoms with E-state index in [1.165, 1.54) is 23.9 Å². The van der Waals surface area contributed by atoms with Gasteiger partial charge in [-0.2, -0.15) is 13.2 Å². The van der Waals surface area contributed by atoms with E-state index in [4.69, 9.17) is 0 Å². The Morgan fingerprint density at radius 1 is 1.09 bits per heavy atom. The summed E-state index contributed by atoms with van der Waals surface area (Å²) < 4.78 is 39.5. The van der Waals surface area contributed by atoms with Crippen LogP contribution in [0.15, 0.2) is 47.9 Å². The van der Waals surface area contributed by atoms with E-state index < -0.39 is 11.7 Å². The maximum atomic E-state index is 12.5. The number of imidazole rings is 1. The molecule has 22 heavy (non-hydrogen) atoms. The van der Waals surface area contributed by atoms with Gasteiger partial charge in [0.1, 0.15) is 10.5 Å². The lowest BCUT2D eigenvalue weighted by molar-refractivity contribution is -0.137. The quantitative estimate of drug-likeness (QED) is 0.674. The molecule has 0 aliphatic heterocycles. The third-order valence-electron chi connectivity index (χ3n) is 3.25. The van der Waals surface area contributed by atoms with Gasteiger partial charge in [-0.3, -0.25) is 0 Å². The molecule has 1 aromatic carbocycles. The minimum Gasteiger partial charge on any atom is -0.332 e. The number of halogens is 3. The summed E-state index contributed by atoms with van der Waals surface area (Å²) >= 11 is 1.48. The van der Waals surface area contributed by atoms with Crippen molar-refractivity contribution in [2.75, 3.05) is 0 Å². The van der Waals surface area contributed by atoms with Gasteiger partial charge in [-0.25, -0.2) is 9.97 Å². The average Bonchev–Trinajstić information content (AvgIpc) is 2.87. The number of benzene rings is 1. The van der Waals surface area contributed by atoms with Gasteiger partial charge in [-0.15, -0.1) is 0 Å². The van der Waals surface area contributed by atoms with Gasteiger partial charge in [0, 0.05) is 19.0 Å². The molecular weight excluding hydrogens is 311 g/mol. The third kappa shape index (κ3) is 2.94. The lowest BCUT2D eigenvalue weighted by Gasteiger charge is -2.08. The minimum absolute atomic E-state index is 0.551. The van der Waals surface area contributed by atoms with E-state index >= 15 is 0 Å². The van der Waals surface area contributed by atoms with Crippen molar-refractivity contribution >= 4 is 22.8 Å². The highest BCUT2D eigenvalue weighted by atomic mass is 32.2. The van der Waals surface area contributed by atoms with Crippen LogP contribution >= 0.6 is 11.8 Å². The standard InChI is InChI=1S/C15H12F3N3S/c1-21-9-20-12-6-7-19-14(13(12)21)22-8-10-2-4-11(5-3-10)15(16,17)18/h2-7,9H,8H2,1H3. The van der Waals surface area contributed by atoms with Gasteiger partial charge in [0.05, 0.1) is 17.4 Å². The van der Waals surface area contributed by atoms with Crippen molar-refractivity contribution in [3.63, 3.8) is 0 Å². The average molecular weight is 323 g/mol. The second kappa shape index (κ2) is 5.64. The van der Waals surface area contributed by atoms with Crippen LogP contribution in [0.5, 0.6) is 0 Å². The molecule has 0 unspecified atom stereocenters. The molecule has 0 saturated heterocycles. The fourth-order valence-corrected chi connectivity index (χ4v) is 3.13. The lowest BCUT2D eigenvalue weighted by Crippen LogP contribution is -2.04. The van der Waals surface area contributed by atoms with Crippen LogP contribution in [0.1, 0.15) is 11.1 Å². The number of nitrogens with zero attached hydrogens (tertiary/aromatic N) is 3. The Bertz CT molecular complexity index is 794. The summed E-state index contributed by atoms with van der Waals surface area (Å²) in [6.45, 7) is 0. The van der Waals surface area contributed by atoms with E-state index in [9.17, 15) is 13.2 Å². The van der Waals surface area contributed by atoms with Gasteiger partial charge in [0.15, 0.2) is 0 Å². The van der Waals surface area contributed by atoms with E-state index in [-0.39, 0.29) is 0 Å². The third-order valence-corrected chi connectivity index (χ3v) is 4.30. The predicted octanol–water partition coefficient (Wildman–Crippen LogP) is 4.28. The SMILES string of the molecule is Cn1cnc2ccnc(SCc3ccc(C(F)(F)F)cc3)c21. The Morgan fingerprint density at radius 3 is 2.50 bits per heavy atom. The molecule has 2 heterocycles. The van der Waals surface area contributed by atoms with Crippen molar-refractivity contribution in [3.05, 3.63) is 54.0 Å². The molecule has 3 nitrogen and oxygen atoms in total. The Morgan fingerprint density at radius 2 is 1.82 bits per heavy atom. The smallest absolute Gasteiger partial charge is 0.332 e. The van der Waals surface area contributed by atoms with Gasteiger partial charge >= 0.3 is 6.18 Å². The van der Waals surface area contributed by atoms with Gasteiger partial charge in [0.2, 0.25) is 0 Å². The molecule has 0 atom stereocenters. The molecule has 2 aromatic heterocycles. The summed E-state index contributed by atoms with van der Waals surface area (Å²) in [7, 11) is 1.89. The first kappa shape index (κ1) is 14.9. The van der Waals surface area contributed by atoms with Crippen molar-refractivity contribution in [2.45, 2.75) is 17.0 Å². The fraction of sp³-hybridized carbons (Fsp3) is 0.200. The summed E-state index contributed by atoms with van der Waals surface area (Å²) in [5, 5.41) is 0.817. The monoisotopic (exact) mass is 323 g/mol. The molecule has 114 valence electrons. The van der Waals surface area contributed by atoms with Crippen molar-refractivity contribution in [1.82, 2.24) is 14.5 Å². The van der Waals surface area contributed by atoms with E-state index in [0.717, 1.165) is 33.8 Å². The molecule has 0 aliphatic rings.